The predicted octanol–water partition coefficient (Wildman–Crippen LogP) is 3.12. The van der Waals surface area contributed by atoms with Gasteiger partial charge in [0, 0.05) is 12.6 Å². The maximum absolute atomic E-state index is 12.1. The number of hydrogen-bond acceptors (Lipinski definition) is 6. The van der Waals surface area contributed by atoms with Gasteiger partial charge in [-0.05, 0) is 25.2 Å². The van der Waals surface area contributed by atoms with Crippen LogP contribution in [-0.2, 0) is 17.8 Å². The average Bonchev–Trinajstić information content (AvgIpc) is 3.06. The minimum Gasteiger partial charge on any atom is -0.367 e. The van der Waals surface area contributed by atoms with Crippen LogP contribution in [0, 0.1) is 0 Å². The van der Waals surface area contributed by atoms with Crippen molar-refractivity contribution in [3.05, 3.63) is 42.1 Å². The molecule has 8 heteroatoms. The molecule has 0 aliphatic carbocycles. The van der Waals surface area contributed by atoms with Gasteiger partial charge in [0.15, 0.2) is 10.8 Å². The third kappa shape index (κ3) is 5.22. The molecular weight excluding hydrogens is 372 g/mol. The molecule has 0 fully saturated rings. The lowest BCUT2D eigenvalue weighted by molar-refractivity contribution is -0.120. The van der Waals surface area contributed by atoms with Gasteiger partial charge in [0.25, 0.3) is 0 Å². The quantitative estimate of drug-likeness (QED) is 0.426. The first-order valence-corrected chi connectivity index (χ1v) is 10.5. The number of nitrogens with one attached hydrogen (secondary N) is 2. The summed E-state index contributed by atoms with van der Waals surface area (Å²) in [6, 6.07) is 9.99. The van der Waals surface area contributed by atoms with Gasteiger partial charge >= 0.3 is 0 Å². The van der Waals surface area contributed by atoms with Crippen molar-refractivity contribution in [2.45, 2.75) is 44.9 Å². The summed E-state index contributed by atoms with van der Waals surface area (Å²) in [5.74, 6) is 1.70. The maximum atomic E-state index is 12.1. The molecule has 3 rings (SSSR count). The number of hydrogen-bond donors (Lipinski definition) is 2. The van der Waals surface area contributed by atoms with E-state index in [0.717, 1.165) is 33.3 Å². The third-order valence-electron chi connectivity index (χ3n) is 4.03. The zero-order chi connectivity index (χ0) is 19.9. The first-order chi connectivity index (χ1) is 13.6. The number of rotatable bonds is 9. The molecule has 0 unspecified atom stereocenters. The Morgan fingerprint density at radius 2 is 2.00 bits per heavy atom. The maximum Gasteiger partial charge on any atom is 0.224 e. The molecule has 2 N–H and O–H groups in total. The monoisotopic (exact) mass is 398 g/mol. The van der Waals surface area contributed by atoms with Crippen molar-refractivity contribution in [1.82, 2.24) is 25.1 Å². The van der Waals surface area contributed by atoms with Crippen molar-refractivity contribution in [3.8, 4) is 0 Å². The molecule has 0 atom stereocenters. The third-order valence-corrected chi connectivity index (χ3v) is 4.76. The molecule has 3 aromatic rings. The van der Waals surface area contributed by atoms with Crippen molar-refractivity contribution in [1.29, 1.82) is 0 Å². The van der Waals surface area contributed by atoms with Crippen LogP contribution in [0.15, 0.2) is 41.7 Å². The highest BCUT2D eigenvalue weighted by Gasteiger charge is 2.14. The summed E-state index contributed by atoms with van der Waals surface area (Å²) in [6.45, 7) is 7.28. The molecule has 1 amide bonds. The molecule has 28 heavy (non-hydrogen) atoms. The summed E-state index contributed by atoms with van der Waals surface area (Å²) in [5, 5.41) is 12.4. The SMILES string of the molecule is CCSc1nc(NC(C)C)c2cnn(CCNC(=O)Cc3ccccc3)c2n1. The van der Waals surface area contributed by atoms with Gasteiger partial charge in [-0.1, -0.05) is 49.0 Å². The van der Waals surface area contributed by atoms with Gasteiger partial charge in [-0.25, -0.2) is 14.6 Å². The molecule has 1 aromatic carbocycles. The van der Waals surface area contributed by atoms with Gasteiger partial charge in [-0.3, -0.25) is 4.79 Å². The zero-order valence-corrected chi connectivity index (χ0v) is 17.3. The summed E-state index contributed by atoms with van der Waals surface area (Å²) in [6.07, 6.45) is 2.16. The highest BCUT2D eigenvalue weighted by atomic mass is 32.2. The van der Waals surface area contributed by atoms with E-state index in [2.05, 4.69) is 46.5 Å². The van der Waals surface area contributed by atoms with Gasteiger partial charge in [0.1, 0.15) is 5.82 Å². The lowest BCUT2D eigenvalue weighted by Gasteiger charge is -2.11. The van der Waals surface area contributed by atoms with Crippen molar-refractivity contribution in [3.63, 3.8) is 0 Å². The van der Waals surface area contributed by atoms with E-state index < -0.39 is 0 Å². The fraction of sp³-hybridized carbons (Fsp3) is 0.400. The molecule has 2 heterocycles. The normalized spacial score (nSPS) is 11.1. The number of fused-ring (bicyclic) bond motifs is 1. The molecule has 2 aromatic heterocycles. The number of aromatic nitrogens is 4. The van der Waals surface area contributed by atoms with Crippen molar-refractivity contribution < 1.29 is 4.79 Å². The van der Waals surface area contributed by atoms with E-state index in [4.69, 9.17) is 0 Å². The Morgan fingerprint density at radius 3 is 2.71 bits per heavy atom. The summed E-state index contributed by atoms with van der Waals surface area (Å²) >= 11 is 1.60. The molecule has 0 spiro atoms. The number of thioether (sulfide) groups is 1. The van der Waals surface area contributed by atoms with Crippen molar-refractivity contribution in [2.75, 3.05) is 17.6 Å². The van der Waals surface area contributed by atoms with E-state index in [9.17, 15) is 4.79 Å². The topological polar surface area (TPSA) is 84.7 Å². The molecular formula is C20H26N6OS. The average molecular weight is 399 g/mol. The van der Waals surface area contributed by atoms with E-state index in [1.165, 1.54) is 0 Å². The van der Waals surface area contributed by atoms with Crippen molar-refractivity contribution >= 4 is 34.5 Å². The highest BCUT2D eigenvalue weighted by molar-refractivity contribution is 7.99. The van der Waals surface area contributed by atoms with Crippen LogP contribution in [0.25, 0.3) is 11.0 Å². The van der Waals surface area contributed by atoms with Crippen molar-refractivity contribution in [2.24, 2.45) is 0 Å². The Bertz CT molecular complexity index is 925. The molecule has 0 aliphatic rings. The zero-order valence-electron chi connectivity index (χ0n) is 16.5. The van der Waals surface area contributed by atoms with E-state index in [1.54, 1.807) is 18.0 Å². The first kappa shape index (κ1) is 20.1. The molecule has 0 saturated heterocycles. The smallest absolute Gasteiger partial charge is 0.224 e. The molecule has 7 nitrogen and oxygen atoms in total. The van der Waals surface area contributed by atoms with E-state index >= 15 is 0 Å². The number of nitrogens with zero attached hydrogens (tertiary/aromatic N) is 4. The van der Waals surface area contributed by atoms with Gasteiger partial charge in [0.05, 0.1) is 24.5 Å². The summed E-state index contributed by atoms with van der Waals surface area (Å²) in [7, 11) is 0. The minimum absolute atomic E-state index is 0.00155. The van der Waals surface area contributed by atoms with Crippen LogP contribution < -0.4 is 10.6 Å². The van der Waals surface area contributed by atoms with E-state index in [1.807, 2.05) is 35.0 Å². The number of benzene rings is 1. The summed E-state index contributed by atoms with van der Waals surface area (Å²) < 4.78 is 1.82. The summed E-state index contributed by atoms with van der Waals surface area (Å²) in [5.41, 5.74) is 1.79. The minimum atomic E-state index is 0.00155. The Labute approximate surface area is 169 Å². The second-order valence-corrected chi connectivity index (χ2v) is 7.94. The molecule has 0 bridgehead atoms. The molecule has 148 valence electrons. The van der Waals surface area contributed by atoms with Crippen LogP contribution in [0.1, 0.15) is 26.3 Å². The Hall–Kier alpha value is -2.61. The van der Waals surface area contributed by atoms with Crippen LogP contribution in [0.2, 0.25) is 0 Å². The summed E-state index contributed by atoms with van der Waals surface area (Å²) in [4.78, 5) is 21.4. The number of amides is 1. The van der Waals surface area contributed by atoms with Crippen LogP contribution in [0.3, 0.4) is 0 Å². The molecule has 0 radical (unpaired) electrons. The largest absolute Gasteiger partial charge is 0.367 e. The molecule has 0 aliphatic heterocycles. The highest BCUT2D eigenvalue weighted by Crippen LogP contribution is 2.24. The number of carbonyl (C=O) groups is 1. The predicted molar refractivity (Wildman–Crippen MR) is 114 cm³/mol. The van der Waals surface area contributed by atoms with E-state index in [0.29, 0.717) is 19.5 Å². The van der Waals surface area contributed by atoms with Gasteiger partial charge in [-0.2, -0.15) is 5.10 Å². The van der Waals surface area contributed by atoms with Crippen LogP contribution in [-0.4, -0.2) is 44.0 Å². The van der Waals surface area contributed by atoms with Gasteiger partial charge < -0.3 is 10.6 Å². The Morgan fingerprint density at radius 1 is 1.21 bits per heavy atom. The van der Waals surface area contributed by atoms with Crippen LogP contribution in [0.5, 0.6) is 0 Å². The first-order valence-electron chi connectivity index (χ1n) is 9.50. The fourth-order valence-electron chi connectivity index (χ4n) is 2.82. The second kappa shape index (κ2) is 9.54. The number of anilines is 1. The molecule has 0 saturated carbocycles. The Kier molecular flexibility index (Phi) is 6.86. The standard InChI is InChI=1S/C20H26N6OS/c1-4-28-20-24-18(23-14(2)3)16-13-22-26(19(16)25-20)11-10-21-17(27)12-15-8-6-5-7-9-15/h5-9,13-14H,4,10-12H2,1-3H3,(H,21,27)(H,23,24,25). The fourth-order valence-corrected chi connectivity index (χ4v) is 3.39. The second-order valence-electron chi connectivity index (χ2n) is 6.70. The number of carbonyl (C=O) groups excluding carboxylic acids is 1. The lowest BCUT2D eigenvalue weighted by atomic mass is 10.1. The lowest BCUT2D eigenvalue weighted by Crippen LogP contribution is -2.28. The van der Waals surface area contributed by atoms with Gasteiger partial charge in [0.2, 0.25) is 5.91 Å². The van der Waals surface area contributed by atoms with E-state index in [-0.39, 0.29) is 11.9 Å². The van der Waals surface area contributed by atoms with Crippen LogP contribution in [0.4, 0.5) is 5.82 Å². The van der Waals surface area contributed by atoms with Gasteiger partial charge in [-0.15, -0.1) is 0 Å². The Balaban J connectivity index is 1.69. The van der Waals surface area contributed by atoms with Crippen LogP contribution >= 0.6 is 11.8 Å².